The molecule has 1 aromatic rings. The summed E-state index contributed by atoms with van der Waals surface area (Å²) in [5, 5.41) is 0. The van der Waals surface area contributed by atoms with Crippen LogP contribution < -0.4 is 0 Å². The summed E-state index contributed by atoms with van der Waals surface area (Å²) < 4.78 is 5.03. The summed E-state index contributed by atoms with van der Waals surface area (Å²) in [6, 6.07) is 3.65. The van der Waals surface area contributed by atoms with Crippen LogP contribution in [-0.4, -0.2) is 6.29 Å². The Labute approximate surface area is 65.5 Å². The molecule has 0 bridgehead atoms. The molecule has 0 amide bonds. The largest absolute Gasteiger partial charge is 0.465 e. The van der Waals surface area contributed by atoms with Gasteiger partial charge in [-0.1, -0.05) is 13.0 Å². The lowest BCUT2D eigenvalue weighted by Gasteiger charge is -1.89. The number of furan rings is 1. The summed E-state index contributed by atoms with van der Waals surface area (Å²) in [6.07, 6.45) is 6.08. The number of hydrogen-bond donors (Lipinski definition) is 0. The number of allylic oxidation sites excluding steroid dienone is 1. The lowest BCUT2D eigenvalue weighted by molar-refractivity contribution is -0.109. The topological polar surface area (TPSA) is 30.2 Å². The van der Waals surface area contributed by atoms with E-state index >= 15 is 0 Å². The summed E-state index contributed by atoms with van der Waals surface area (Å²) in [5.74, 6) is 0.735. The third kappa shape index (κ3) is 2.42. The van der Waals surface area contributed by atoms with Gasteiger partial charge in [-0.15, -0.1) is 0 Å². The van der Waals surface area contributed by atoms with Crippen LogP contribution in [0.4, 0.5) is 0 Å². The van der Waals surface area contributed by atoms with Crippen LogP contribution >= 0.6 is 0 Å². The fraction of sp³-hybridized carbons (Fsp3) is 0.222. The van der Waals surface area contributed by atoms with E-state index in [1.807, 2.05) is 19.1 Å². The van der Waals surface area contributed by atoms with Gasteiger partial charge in [-0.05, 0) is 18.2 Å². The Morgan fingerprint density at radius 1 is 1.64 bits per heavy atom. The molecule has 0 spiro atoms. The number of hydrogen-bond acceptors (Lipinski definition) is 2. The molecule has 0 aliphatic carbocycles. The van der Waals surface area contributed by atoms with Crippen molar-refractivity contribution < 1.29 is 9.21 Å². The van der Waals surface area contributed by atoms with Crippen LogP contribution in [0, 0.1) is 5.92 Å². The first-order chi connectivity index (χ1) is 5.33. The van der Waals surface area contributed by atoms with Gasteiger partial charge < -0.3 is 9.21 Å². The summed E-state index contributed by atoms with van der Waals surface area (Å²) in [4.78, 5) is 10.2. The van der Waals surface area contributed by atoms with Crippen molar-refractivity contribution in [3.63, 3.8) is 0 Å². The van der Waals surface area contributed by atoms with Gasteiger partial charge >= 0.3 is 0 Å². The summed E-state index contributed by atoms with van der Waals surface area (Å²) in [7, 11) is 0. The fourth-order valence-electron chi connectivity index (χ4n) is 0.678. The second-order valence-electron chi connectivity index (χ2n) is 2.37. The van der Waals surface area contributed by atoms with Crippen LogP contribution in [0.25, 0.3) is 6.08 Å². The van der Waals surface area contributed by atoms with Crippen molar-refractivity contribution in [3.8, 4) is 0 Å². The van der Waals surface area contributed by atoms with Crippen molar-refractivity contribution in [2.45, 2.75) is 6.92 Å². The van der Waals surface area contributed by atoms with E-state index in [0.717, 1.165) is 12.0 Å². The molecule has 1 rings (SSSR count). The van der Waals surface area contributed by atoms with E-state index in [4.69, 9.17) is 4.42 Å². The molecule has 0 unspecified atom stereocenters. The Morgan fingerprint density at radius 2 is 2.45 bits per heavy atom. The molecule has 0 N–H and O–H groups in total. The highest BCUT2D eigenvalue weighted by molar-refractivity contribution is 5.59. The molecule has 0 aliphatic rings. The first kappa shape index (κ1) is 7.79. The zero-order valence-corrected chi connectivity index (χ0v) is 6.36. The Morgan fingerprint density at radius 3 is 3.00 bits per heavy atom. The quantitative estimate of drug-likeness (QED) is 0.618. The monoisotopic (exact) mass is 150 g/mol. The standard InChI is InChI=1S/C9H10O2/c1-8(7-10)4-5-9-3-2-6-11-9/h2-8H,1H3/b5-4+/t8-/m0/s1. The smallest absolute Gasteiger partial charge is 0.126 e. The lowest BCUT2D eigenvalue weighted by Crippen LogP contribution is -1.87. The third-order valence-electron chi connectivity index (χ3n) is 1.32. The SMILES string of the molecule is C[C@H](C=O)/C=C/c1ccco1. The minimum absolute atomic E-state index is 0.0416. The minimum Gasteiger partial charge on any atom is -0.465 e. The summed E-state index contributed by atoms with van der Waals surface area (Å²) in [6.45, 7) is 1.83. The zero-order valence-electron chi connectivity index (χ0n) is 6.36. The first-order valence-electron chi connectivity index (χ1n) is 3.50. The predicted molar refractivity (Wildman–Crippen MR) is 43.0 cm³/mol. The van der Waals surface area contributed by atoms with Crippen LogP contribution in [0.15, 0.2) is 28.9 Å². The van der Waals surface area contributed by atoms with Crippen molar-refractivity contribution in [3.05, 3.63) is 30.2 Å². The molecular formula is C9H10O2. The van der Waals surface area contributed by atoms with Gasteiger partial charge in [0.25, 0.3) is 0 Å². The second kappa shape index (κ2) is 3.76. The average molecular weight is 150 g/mol. The highest BCUT2D eigenvalue weighted by atomic mass is 16.3. The Balaban J connectivity index is 2.55. The molecule has 1 aromatic heterocycles. The molecule has 0 saturated carbocycles. The van der Waals surface area contributed by atoms with Crippen LogP contribution in [0.5, 0.6) is 0 Å². The zero-order chi connectivity index (χ0) is 8.10. The van der Waals surface area contributed by atoms with Crippen LogP contribution in [0.3, 0.4) is 0 Å². The van der Waals surface area contributed by atoms with Crippen LogP contribution in [0.2, 0.25) is 0 Å². The molecule has 0 aromatic carbocycles. The van der Waals surface area contributed by atoms with E-state index < -0.39 is 0 Å². The molecule has 11 heavy (non-hydrogen) atoms. The molecular weight excluding hydrogens is 140 g/mol. The lowest BCUT2D eigenvalue weighted by atomic mass is 10.2. The van der Waals surface area contributed by atoms with Gasteiger partial charge in [-0.2, -0.15) is 0 Å². The van der Waals surface area contributed by atoms with Gasteiger partial charge in [0.2, 0.25) is 0 Å². The maximum absolute atomic E-state index is 10.2. The van der Waals surface area contributed by atoms with E-state index in [2.05, 4.69) is 0 Å². The second-order valence-corrected chi connectivity index (χ2v) is 2.37. The normalized spacial score (nSPS) is 13.5. The van der Waals surface area contributed by atoms with E-state index in [9.17, 15) is 4.79 Å². The molecule has 2 nitrogen and oxygen atoms in total. The van der Waals surface area contributed by atoms with Gasteiger partial charge in [-0.25, -0.2) is 0 Å². The predicted octanol–water partition coefficient (Wildman–Crippen LogP) is 2.13. The van der Waals surface area contributed by atoms with E-state index in [-0.39, 0.29) is 5.92 Å². The highest BCUT2D eigenvalue weighted by Crippen LogP contribution is 2.04. The number of carbonyl (C=O) groups excluding carboxylic acids is 1. The molecule has 0 saturated heterocycles. The Hall–Kier alpha value is -1.31. The molecule has 1 heterocycles. The van der Waals surface area contributed by atoms with Gasteiger partial charge in [0.1, 0.15) is 12.0 Å². The Kier molecular flexibility index (Phi) is 2.66. The molecule has 0 fully saturated rings. The molecule has 1 atom stereocenters. The summed E-state index contributed by atoms with van der Waals surface area (Å²) in [5.41, 5.74) is 0. The van der Waals surface area contributed by atoms with Crippen LogP contribution in [-0.2, 0) is 4.79 Å². The average Bonchev–Trinajstić information content (AvgIpc) is 2.52. The van der Waals surface area contributed by atoms with Crippen molar-refractivity contribution in [2.24, 2.45) is 5.92 Å². The van der Waals surface area contributed by atoms with E-state index in [0.29, 0.717) is 0 Å². The van der Waals surface area contributed by atoms with Crippen molar-refractivity contribution in [1.29, 1.82) is 0 Å². The van der Waals surface area contributed by atoms with Crippen molar-refractivity contribution in [2.75, 3.05) is 0 Å². The van der Waals surface area contributed by atoms with Gasteiger partial charge in [0, 0.05) is 5.92 Å². The fourth-order valence-corrected chi connectivity index (χ4v) is 0.678. The van der Waals surface area contributed by atoms with E-state index in [1.54, 1.807) is 18.4 Å². The molecule has 0 aliphatic heterocycles. The molecule has 58 valence electrons. The van der Waals surface area contributed by atoms with E-state index in [1.165, 1.54) is 0 Å². The van der Waals surface area contributed by atoms with Gasteiger partial charge in [0.15, 0.2) is 0 Å². The van der Waals surface area contributed by atoms with Gasteiger partial charge in [-0.3, -0.25) is 0 Å². The highest BCUT2D eigenvalue weighted by Gasteiger charge is 1.92. The maximum Gasteiger partial charge on any atom is 0.126 e. The van der Waals surface area contributed by atoms with Crippen molar-refractivity contribution >= 4 is 12.4 Å². The number of aldehydes is 1. The van der Waals surface area contributed by atoms with Crippen molar-refractivity contribution in [1.82, 2.24) is 0 Å². The molecule has 2 heteroatoms. The maximum atomic E-state index is 10.2. The first-order valence-corrected chi connectivity index (χ1v) is 3.50. The number of carbonyl (C=O) groups is 1. The number of rotatable bonds is 3. The third-order valence-corrected chi connectivity index (χ3v) is 1.32. The Bertz CT molecular complexity index is 234. The molecule has 0 radical (unpaired) electrons. The summed E-state index contributed by atoms with van der Waals surface area (Å²) >= 11 is 0. The minimum atomic E-state index is -0.0416. The van der Waals surface area contributed by atoms with Crippen LogP contribution in [0.1, 0.15) is 12.7 Å². The van der Waals surface area contributed by atoms with Gasteiger partial charge in [0.05, 0.1) is 6.26 Å².